The van der Waals surface area contributed by atoms with Crippen LogP contribution < -0.4 is 5.32 Å². The van der Waals surface area contributed by atoms with E-state index in [0.717, 1.165) is 12.5 Å². The van der Waals surface area contributed by atoms with Gasteiger partial charge < -0.3 is 14.6 Å². The molecule has 0 saturated heterocycles. The maximum Gasteiger partial charge on any atom is 0.203 e. The third kappa shape index (κ3) is 4.04. The van der Waals surface area contributed by atoms with E-state index in [2.05, 4.69) is 35.6 Å². The van der Waals surface area contributed by atoms with Crippen LogP contribution in [0.25, 0.3) is 0 Å². The Morgan fingerprint density at radius 2 is 2.12 bits per heavy atom. The highest BCUT2D eigenvalue weighted by atomic mass is 16.5. The number of ether oxygens (including phenoxy) is 1. The molecule has 0 aliphatic rings. The van der Waals surface area contributed by atoms with Gasteiger partial charge in [-0.3, -0.25) is 0 Å². The van der Waals surface area contributed by atoms with Crippen LogP contribution in [0.4, 0.5) is 5.95 Å². The highest BCUT2D eigenvalue weighted by Crippen LogP contribution is 2.17. The van der Waals surface area contributed by atoms with Gasteiger partial charge in [0, 0.05) is 32.1 Å². The van der Waals surface area contributed by atoms with Gasteiger partial charge in [0.1, 0.15) is 0 Å². The molecule has 1 aromatic heterocycles. The zero-order valence-corrected chi connectivity index (χ0v) is 11.4. The molecule has 4 heteroatoms. The maximum absolute atomic E-state index is 5.09. The molecule has 1 heterocycles. The normalized spacial score (nSPS) is 13.0. The second-order valence-electron chi connectivity index (χ2n) is 4.45. The lowest BCUT2D eigenvalue weighted by molar-refractivity contribution is 0.187. The van der Waals surface area contributed by atoms with Gasteiger partial charge in [-0.2, -0.15) is 0 Å². The van der Waals surface area contributed by atoms with Crippen LogP contribution in [0.15, 0.2) is 12.4 Å². The third-order valence-electron chi connectivity index (χ3n) is 3.36. The lowest BCUT2D eigenvalue weighted by Crippen LogP contribution is -2.27. The standard InChI is InChI=1S/C13H25N3O/c1-5-12(6-2)11(3)15-13-14-7-8-16(13)9-10-17-4/h7-8,11-12H,5-6,9-10H2,1-4H3,(H,14,15). The number of hydrogen-bond acceptors (Lipinski definition) is 3. The van der Waals surface area contributed by atoms with Crippen molar-refractivity contribution in [1.82, 2.24) is 9.55 Å². The summed E-state index contributed by atoms with van der Waals surface area (Å²) in [5.41, 5.74) is 0. The SMILES string of the molecule is CCC(CC)C(C)Nc1nccn1CCOC. The summed E-state index contributed by atoms with van der Waals surface area (Å²) in [5, 5.41) is 3.50. The van der Waals surface area contributed by atoms with Crippen molar-refractivity contribution < 1.29 is 4.74 Å². The summed E-state index contributed by atoms with van der Waals surface area (Å²) < 4.78 is 7.19. The lowest BCUT2D eigenvalue weighted by Gasteiger charge is -2.23. The molecule has 4 nitrogen and oxygen atoms in total. The predicted octanol–water partition coefficient (Wildman–Crippen LogP) is 2.77. The van der Waals surface area contributed by atoms with Crippen molar-refractivity contribution in [3.63, 3.8) is 0 Å². The minimum absolute atomic E-state index is 0.452. The molecule has 0 bridgehead atoms. The minimum atomic E-state index is 0.452. The second kappa shape index (κ2) is 7.33. The quantitative estimate of drug-likeness (QED) is 0.758. The number of aromatic nitrogens is 2. The van der Waals surface area contributed by atoms with Crippen LogP contribution in [0.1, 0.15) is 33.6 Å². The highest BCUT2D eigenvalue weighted by molar-refractivity contribution is 5.27. The molecule has 98 valence electrons. The van der Waals surface area contributed by atoms with E-state index in [0.29, 0.717) is 18.6 Å². The van der Waals surface area contributed by atoms with Gasteiger partial charge in [-0.1, -0.05) is 26.7 Å². The van der Waals surface area contributed by atoms with Gasteiger partial charge in [-0.05, 0) is 12.8 Å². The highest BCUT2D eigenvalue weighted by Gasteiger charge is 2.15. The topological polar surface area (TPSA) is 39.1 Å². The Morgan fingerprint density at radius 3 is 2.71 bits per heavy atom. The first kappa shape index (κ1) is 14.0. The van der Waals surface area contributed by atoms with Gasteiger partial charge in [0.05, 0.1) is 6.61 Å². The van der Waals surface area contributed by atoms with Gasteiger partial charge >= 0.3 is 0 Å². The Bertz CT molecular complexity index is 307. The third-order valence-corrected chi connectivity index (χ3v) is 3.36. The summed E-state index contributed by atoms with van der Waals surface area (Å²) in [6, 6.07) is 0.452. The maximum atomic E-state index is 5.09. The Labute approximate surface area is 104 Å². The van der Waals surface area contributed by atoms with Crippen LogP contribution in [-0.2, 0) is 11.3 Å². The molecule has 0 spiro atoms. The number of hydrogen-bond donors (Lipinski definition) is 1. The monoisotopic (exact) mass is 239 g/mol. The molecule has 17 heavy (non-hydrogen) atoms. The van der Waals surface area contributed by atoms with Crippen molar-refractivity contribution in [1.29, 1.82) is 0 Å². The van der Waals surface area contributed by atoms with Crippen molar-refractivity contribution in [2.24, 2.45) is 5.92 Å². The summed E-state index contributed by atoms with van der Waals surface area (Å²) >= 11 is 0. The Kier molecular flexibility index (Phi) is 6.05. The Hall–Kier alpha value is -1.03. The summed E-state index contributed by atoms with van der Waals surface area (Å²) in [4.78, 5) is 4.36. The van der Waals surface area contributed by atoms with Crippen LogP contribution in [-0.4, -0.2) is 29.3 Å². The molecule has 0 aromatic carbocycles. The van der Waals surface area contributed by atoms with Crippen LogP contribution in [0.5, 0.6) is 0 Å². The Balaban J connectivity index is 2.58. The average Bonchev–Trinajstić information content (AvgIpc) is 2.75. The van der Waals surface area contributed by atoms with Crippen LogP contribution in [0.2, 0.25) is 0 Å². The smallest absolute Gasteiger partial charge is 0.203 e. The van der Waals surface area contributed by atoms with E-state index in [1.54, 1.807) is 7.11 Å². The van der Waals surface area contributed by atoms with Crippen molar-refractivity contribution in [2.75, 3.05) is 19.0 Å². The van der Waals surface area contributed by atoms with Crippen LogP contribution in [0.3, 0.4) is 0 Å². The Morgan fingerprint density at radius 1 is 1.41 bits per heavy atom. The van der Waals surface area contributed by atoms with Crippen molar-refractivity contribution >= 4 is 5.95 Å². The van der Waals surface area contributed by atoms with Gasteiger partial charge in [-0.15, -0.1) is 0 Å². The van der Waals surface area contributed by atoms with E-state index >= 15 is 0 Å². The summed E-state index contributed by atoms with van der Waals surface area (Å²) in [7, 11) is 1.72. The van der Waals surface area contributed by atoms with Crippen molar-refractivity contribution in [2.45, 2.75) is 46.2 Å². The van der Waals surface area contributed by atoms with E-state index in [1.807, 2.05) is 12.4 Å². The largest absolute Gasteiger partial charge is 0.383 e. The number of anilines is 1. The van der Waals surface area contributed by atoms with Gasteiger partial charge in [0.2, 0.25) is 5.95 Å². The summed E-state index contributed by atoms with van der Waals surface area (Å²) in [6.07, 6.45) is 6.21. The number of nitrogens with one attached hydrogen (secondary N) is 1. The molecule has 0 radical (unpaired) electrons. The van der Waals surface area contributed by atoms with Crippen LogP contribution >= 0.6 is 0 Å². The molecule has 1 unspecified atom stereocenters. The fraction of sp³-hybridized carbons (Fsp3) is 0.769. The molecule has 1 N–H and O–H groups in total. The van der Waals surface area contributed by atoms with Crippen LogP contribution in [0, 0.1) is 5.92 Å². The lowest BCUT2D eigenvalue weighted by atomic mass is 9.96. The molecular weight excluding hydrogens is 214 g/mol. The van der Waals surface area contributed by atoms with E-state index in [1.165, 1.54) is 12.8 Å². The van der Waals surface area contributed by atoms with Gasteiger partial charge in [-0.25, -0.2) is 4.98 Å². The fourth-order valence-electron chi connectivity index (χ4n) is 2.14. The number of imidazole rings is 1. The summed E-state index contributed by atoms with van der Waals surface area (Å²) in [6.45, 7) is 8.26. The van der Waals surface area contributed by atoms with E-state index in [-0.39, 0.29) is 0 Å². The first-order valence-electron chi connectivity index (χ1n) is 6.49. The molecular formula is C13H25N3O. The first-order valence-corrected chi connectivity index (χ1v) is 6.49. The fourth-order valence-corrected chi connectivity index (χ4v) is 2.14. The molecule has 1 aromatic rings. The predicted molar refractivity (Wildman–Crippen MR) is 71.3 cm³/mol. The summed E-state index contributed by atoms with van der Waals surface area (Å²) in [5.74, 6) is 1.64. The molecule has 1 atom stereocenters. The molecule has 0 saturated carbocycles. The van der Waals surface area contributed by atoms with Crippen molar-refractivity contribution in [3.8, 4) is 0 Å². The van der Waals surface area contributed by atoms with Gasteiger partial charge in [0.25, 0.3) is 0 Å². The zero-order chi connectivity index (χ0) is 12.7. The number of nitrogens with zero attached hydrogens (tertiary/aromatic N) is 2. The zero-order valence-electron chi connectivity index (χ0n) is 11.4. The molecule has 0 amide bonds. The van der Waals surface area contributed by atoms with Gasteiger partial charge in [0.15, 0.2) is 0 Å². The minimum Gasteiger partial charge on any atom is -0.383 e. The van der Waals surface area contributed by atoms with E-state index in [4.69, 9.17) is 4.74 Å². The number of rotatable bonds is 8. The molecule has 0 fully saturated rings. The molecule has 0 aliphatic heterocycles. The average molecular weight is 239 g/mol. The first-order chi connectivity index (χ1) is 8.22. The number of methoxy groups -OCH3 is 1. The second-order valence-corrected chi connectivity index (χ2v) is 4.45. The molecule has 1 rings (SSSR count). The van der Waals surface area contributed by atoms with Crippen molar-refractivity contribution in [3.05, 3.63) is 12.4 Å². The van der Waals surface area contributed by atoms with E-state index in [9.17, 15) is 0 Å². The molecule has 0 aliphatic carbocycles. The van der Waals surface area contributed by atoms with E-state index < -0.39 is 0 Å².